The molecule has 1 aliphatic heterocycles. The Morgan fingerprint density at radius 1 is 0.450 bits per heavy atom. The van der Waals surface area contributed by atoms with Crippen LogP contribution in [0.5, 0.6) is 11.5 Å². The quantitative estimate of drug-likeness (QED) is 0.226. The van der Waals surface area contributed by atoms with Gasteiger partial charge in [0.1, 0.15) is 11.5 Å². The van der Waals surface area contributed by atoms with Crippen molar-refractivity contribution < 1.29 is 4.74 Å². The molecule has 0 saturated carbocycles. The average molecular weight is 510 g/mol. The van der Waals surface area contributed by atoms with E-state index in [1.165, 1.54) is 65.7 Å². The van der Waals surface area contributed by atoms with E-state index in [0.717, 1.165) is 17.1 Å². The van der Waals surface area contributed by atoms with E-state index in [0.29, 0.717) is 0 Å². The first-order chi connectivity index (χ1) is 19.8. The highest BCUT2D eigenvalue weighted by atomic mass is 16.5. The van der Waals surface area contributed by atoms with Crippen LogP contribution in [-0.4, -0.2) is 4.57 Å². The molecule has 0 atom stereocenters. The number of hydrogen-bond donors (Lipinski definition) is 0. The standard InChI is InChI=1S/C38H23NO/c1-2-11-28(12-3-1)39-34-20-17-26(22-32(34)31-19-16-24-8-4-5-13-29(24)38(31)39)27-18-21-35-33(23-27)30-14-6-9-25-10-7-15-36(40-35)37(25)30/h1-23H. The average Bonchev–Trinajstić information content (AvgIpc) is 3.36. The van der Waals surface area contributed by atoms with Crippen LogP contribution < -0.4 is 4.74 Å². The SMILES string of the molecule is c1ccc(-n2c3ccc(-c4ccc5c(c4)-c4cccc6cccc(c46)O5)cc3c3ccc4ccccc4c32)cc1. The van der Waals surface area contributed by atoms with Gasteiger partial charge in [0.2, 0.25) is 0 Å². The minimum atomic E-state index is 0.906. The molecule has 0 saturated heterocycles. The number of hydrogen-bond acceptors (Lipinski definition) is 1. The second-order valence-electron chi connectivity index (χ2n) is 10.6. The van der Waals surface area contributed by atoms with Gasteiger partial charge >= 0.3 is 0 Å². The zero-order valence-corrected chi connectivity index (χ0v) is 21.6. The van der Waals surface area contributed by atoms with Crippen molar-refractivity contribution in [2.75, 3.05) is 0 Å². The van der Waals surface area contributed by atoms with Crippen LogP contribution in [-0.2, 0) is 0 Å². The highest BCUT2D eigenvalue weighted by Crippen LogP contribution is 2.48. The molecule has 0 spiro atoms. The minimum absolute atomic E-state index is 0.906. The van der Waals surface area contributed by atoms with E-state index < -0.39 is 0 Å². The summed E-state index contributed by atoms with van der Waals surface area (Å²) < 4.78 is 8.77. The maximum absolute atomic E-state index is 6.36. The van der Waals surface area contributed by atoms with Gasteiger partial charge in [-0.1, -0.05) is 97.1 Å². The van der Waals surface area contributed by atoms with Crippen LogP contribution in [0.3, 0.4) is 0 Å². The second-order valence-corrected chi connectivity index (χ2v) is 10.6. The summed E-state index contributed by atoms with van der Waals surface area (Å²) in [6.45, 7) is 0. The summed E-state index contributed by atoms with van der Waals surface area (Å²) in [5.74, 6) is 1.83. The summed E-state index contributed by atoms with van der Waals surface area (Å²) in [7, 11) is 0. The third-order valence-corrected chi connectivity index (χ3v) is 8.36. The van der Waals surface area contributed by atoms with Gasteiger partial charge in [-0.3, -0.25) is 0 Å². The van der Waals surface area contributed by atoms with Crippen LogP contribution in [0.25, 0.3) is 71.3 Å². The first kappa shape index (κ1) is 21.6. The molecule has 40 heavy (non-hydrogen) atoms. The molecule has 7 aromatic carbocycles. The molecule has 2 heterocycles. The van der Waals surface area contributed by atoms with Gasteiger partial charge < -0.3 is 9.30 Å². The fourth-order valence-corrected chi connectivity index (χ4v) is 6.55. The van der Waals surface area contributed by atoms with Crippen molar-refractivity contribution in [2.24, 2.45) is 0 Å². The Hall–Kier alpha value is -5.34. The summed E-state index contributed by atoms with van der Waals surface area (Å²) >= 11 is 0. The predicted octanol–water partition coefficient (Wildman–Crippen LogP) is 10.5. The van der Waals surface area contributed by atoms with Crippen molar-refractivity contribution in [2.45, 2.75) is 0 Å². The number of nitrogens with zero attached hydrogens (tertiary/aromatic N) is 1. The normalized spacial score (nSPS) is 12.2. The summed E-state index contributed by atoms with van der Waals surface area (Å²) in [5, 5.41) is 7.41. The van der Waals surface area contributed by atoms with E-state index in [4.69, 9.17) is 4.74 Å². The molecular formula is C38H23NO. The van der Waals surface area contributed by atoms with Crippen molar-refractivity contribution in [3.05, 3.63) is 140 Å². The molecule has 1 aromatic heterocycles. The summed E-state index contributed by atoms with van der Waals surface area (Å²) in [4.78, 5) is 0. The van der Waals surface area contributed by atoms with E-state index in [9.17, 15) is 0 Å². The Labute approximate surface area is 231 Å². The van der Waals surface area contributed by atoms with E-state index in [1.54, 1.807) is 0 Å². The lowest BCUT2D eigenvalue weighted by molar-refractivity contribution is 0.487. The van der Waals surface area contributed by atoms with Crippen LogP contribution in [0.15, 0.2) is 140 Å². The lowest BCUT2D eigenvalue weighted by atomic mass is 9.92. The van der Waals surface area contributed by atoms with Crippen molar-refractivity contribution in [3.63, 3.8) is 0 Å². The largest absolute Gasteiger partial charge is 0.456 e. The van der Waals surface area contributed by atoms with Gasteiger partial charge in [-0.25, -0.2) is 0 Å². The molecule has 8 aromatic rings. The molecule has 0 amide bonds. The van der Waals surface area contributed by atoms with Crippen molar-refractivity contribution in [1.29, 1.82) is 0 Å². The van der Waals surface area contributed by atoms with Crippen LogP contribution in [0.4, 0.5) is 0 Å². The summed E-state index contributed by atoms with van der Waals surface area (Å²) in [6.07, 6.45) is 0. The van der Waals surface area contributed by atoms with Crippen LogP contribution in [0.2, 0.25) is 0 Å². The molecule has 0 radical (unpaired) electrons. The van der Waals surface area contributed by atoms with Gasteiger partial charge in [-0.05, 0) is 69.9 Å². The minimum Gasteiger partial charge on any atom is -0.456 e. The van der Waals surface area contributed by atoms with E-state index >= 15 is 0 Å². The molecule has 2 heteroatoms. The second kappa shape index (κ2) is 8.08. The third-order valence-electron chi connectivity index (χ3n) is 8.36. The van der Waals surface area contributed by atoms with E-state index in [-0.39, 0.29) is 0 Å². The topological polar surface area (TPSA) is 14.2 Å². The summed E-state index contributed by atoms with van der Waals surface area (Å²) in [5.41, 5.74) is 8.37. The highest BCUT2D eigenvalue weighted by Gasteiger charge is 2.21. The molecule has 9 rings (SSSR count). The maximum Gasteiger partial charge on any atom is 0.135 e. The van der Waals surface area contributed by atoms with E-state index in [1.807, 2.05) is 0 Å². The van der Waals surface area contributed by atoms with Gasteiger partial charge in [-0.2, -0.15) is 0 Å². The zero-order chi connectivity index (χ0) is 26.2. The molecule has 0 fully saturated rings. The van der Waals surface area contributed by atoms with Crippen molar-refractivity contribution >= 4 is 43.4 Å². The van der Waals surface area contributed by atoms with Crippen LogP contribution in [0, 0.1) is 0 Å². The fraction of sp³-hybridized carbons (Fsp3) is 0. The molecule has 0 N–H and O–H groups in total. The number of benzene rings is 7. The van der Waals surface area contributed by atoms with Gasteiger partial charge in [0.15, 0.2) is 0 Å². The Kier molecular flexibility index (Phi) is 4.36. The van der Waals surface area contributed by atoms with Crippen molar-refractivity contribution in [3.8, 4) is 39.4 Å². The molecule has 0 unspecified atom stereocenters. The monoisotopic (exact) mass is 509 g/mol. The molecule has 0 bridgehead atoms. The Morgan fingerprint density at radius 3 is 2.15 bits per heavy atom. The van der Waals surface area contributed by atoms with E-state index in [2.05, 4.69) is 144 Å². The first-order valence-corrected chi connectivity index (χ1v) is 13.7. The molecule has 186 valence electrons. The Morgan fingerprint density at radius 2 is 1.23 bits per heavy atom. The third kappa shape index (κ3) is 2.99. The van der Waals surface area contributed by atoms with Crippen LogP contribution >= 0.6 is 0 Å². The number of aromatic nitrogens is 1. The molecular weight excluding hydrogens is 486 g/mol. The molecule has 2 nitrogen and oxygen atoms in total. The number of ether oxygens (including phenoxy) is 1. The fourth-order valence-electron chi connectivity index (χ4n) is 6.55. The zero-order valence-electron chi connectivity index (χ0n) is 21.6. The first-order valence-electron chi connectivity index (χ1n) is 13.7. The lowest BCUT2D eigenvalue weighted by Crippen LogP contribution is -1.97. The number of rotatable bonds is 2. The summed E-state index contributed by atoms with van der Waals surface area (Å²) in [6, 6.07) is 50.1. The Balaban J connectivity index is 1.30. The van der Waals surface area contributed by atoms with Gasteiger partial charge in [0.25, 0.3) is 0 Å². The van der Waals surface area contributed by atoms with Gasteiger partial charge in [0.05, 0.1) is 11.0 Å². The predicted molar refractivity (Wildman–Crippen MR) is 167 cm³/mol. The van der Waals surface area contributed by atoms with Gasteiger partial charge in [0, 0.05) is 32.8 Å². The number of para-hydroxylation sites is 1. The molecule has 0 aliphatic carbocycles. The van der Waals surface area contributed by atoms with Crippen LogP contribution in [0.1, 0.15) is 0 Å². The number of fused-ring (bicyclic) bond motifs is 7. The lowest BCUT2D eigenvalue weighted by Gasteiger charge is -2.22. The Bertz CT molecular complexity index is 2290. The van der Waals surface area contributed by atoms with Gasteiger partial charge in [-0.15, -0.1) is 0 Å². The van der Waals surface area contributed by atoms with Crippen molar-refractivity contribution in [1.82, 2.24) is 4.57 Å². The molecule has 1 aliphatic rings. The smallest absolute Gasteiger partial charge is 0.135 e. The maximum atomic E-state index is 6.36. The highest BCUT2D eigenvalue weighted by molar-refractivity contribution is 6.19.